The number of aliphatic hydroxyl groups excluding tert-OH is 1. The second kappa shape index (κ2) is 40.3. The molecule has 102 heavy (non-hydrogen) atoms. The highest BCUT2D eigenvalue weighted by Crippen LogP contribution is 2.32. The third-order valence-electron chi connectivity index (χ3n) is 21.2. The first-order valence-corrected chi connectivity index (χ1v) is 38.2. The average molecular weight is 1460 g/mol. The smallest absolute Gasteiger partial charge is 0.248 e. The first-order chi connectivity index (χ1) is 47.8. The molecule has 580 valence electrons. The molecule has 0 aromatic heterocycles. The van der Waals surface area contributed by atoms with Crippen LogP contribution in [0, 0.1) is 29.6 Å². The quantitative estimate of drug-likeness (QED) is 0.123. The molecule has 2 aliphatic heterocycles. The third kappa shape index (κ3) is 25.3. The number of carbonyl (C=O) groups is 12. The van der Waals surface area contributed by atoms with Crippen molar-refractivity contribution in [3.8, 4) is 0 Å². The summed E-state index contributed by atoms with van der Waals surface area (Å²) in [6, 6.07) is -13.6. The van der Waals surface area contributed by atoms with Crippen molar-refractivity contribution in [2.45, 2.75) is 295 Å². The second-order valence-corrected chi connectivity index (χ2v) is 32.6. The van der Waals surface area contributed by atoms with Gasteiger partial charge < -0.3 is 75.5 Å². The van der Waals surface area contributed by atoms with Gasteiger partial charge in [0, 0.05) is 60.8 Å². The molecule has 5 rings (SSSR count). The van der Waals surface area contributed by atoms with Crippen LogP contribution in [0.1, 0.15) is 211 Å². The number of piperidine rings is 1. The molecule has 5 aliphatic rings. The molecule has 5 fully saturated rings. The molecule has 3 aliphatic carbocycles. The molecule has 13 atom stereocenters. The zero-order valence-electron chi connectivity index (χ0n) is 64.4. The Balaban J connectivity index is 1.66. The maximum atomic E-state index is 15.6. The number of carbonyl (C=O) groups excluding carboxylic acids is 12. The lowest BCUT2D eigenvalue weighted by Crippen LogP contribution is -2.63. The number of nitrogens with one attached hydrogen (secondary N) is 5. The van der Waals surface area contributed by atoms with Gasteiger partial charge in [0.2, 0.25) is 70.9 Å². The van der Waals surface area contributed by atoms with Crippen LogP contribution < -0.4 is 26.6 Å². The minimum atomic E-state index is -1.67. The molecule has 27 nitrogen and oxygen atoms in total. The Hall–Kier alpha value is -6.19. The van der Waals surface area contributed by atoms with Crippen molar-refractivity contribution >= 4 is 82.5 Å². The number of ether oxygens (including phenoxy) is 2. The first-order valence-electron chi connectivity index (χ1n) is 37.8. The topological polar surface area (TPSA) is 326 Å². The van der Waals surface area contributed by atoms with E-state index in [0.29, 0.717) is 38.8 Å². The van der Waals surface area contributed by atoms with Gasteiger partial charge in [-0.1, -0.05) is 106 Å². The third-order valence-corrected chi connectivity index (χ3v) is 21.6. The fourth-order valence-corrected chi connectivity index (χ4v) is 15.5. The molecule has 6 N–H and O–H groups in total. The van der Waals surface area contributed by atoms with E-state index in [1.54, 1.807) is 53.4 Å². The van der Waals surface area contributed by atoms with Gasteiger partial charge >= 0.3 is 0 Å². The van der Waals surface area contributed by atoms with E-state index in [2.05, 4.69) is 26.6 Å². The molecular formula is C74H127ClN12O15. The van der Waals surface area contributed by atoms with Crippen LogP contribution in [0.15, 0.2) is 0 Å². The van der Waals surface area contributed by atoms with Crippen LogP contribution >= 0.6 is 11.6 Å². The number of likely N-dealkylation sites (N-methyl/N-ethyl adjacent to an activating group) is 6. The number of aliphatic hydroxyl groups is 1. The summed E-state index contributed by atoms with van der Waals surface area (Å²) < 4.78 is 12.6. The highest BCUT2D eigenvalue weighted by molar-refractivity contribution is 6.20. The molecule has 12 amide bonds. The second-order valence-electron chi connectivity index (χ2n) is 32.0. The molecule has 0 aromatic rings. The number of hydrogen-bond acceptors (Lipinski definition) is 15. The Morgan fingerprint density at radius 3 is 1.55 bits per heavy atom. The summed E-state index contributed by atoms with van der Waals surface area (Å²) in [4.78, 5) is 188. The van der Waals surface area contributed by atoms with Gasteiger partial charge in [-0.05, 0) is 128 Å². The van der Waals surface area contributed by atoms with E-state index < -0.39 is 168 Å². The van der Waals surface area contributed by atoms with Gasteiger partial charge in [-0.2, -0.15) is 0 Å². The number of nitrogens with zero attached hydrogens (tertiary/aromatic N) is 7. The van der Waals surface area contributed by atoms with Crippen molar-refractivity contribution in [2.24, 2.45) is 29.6 Å². The van der Waals surface area contributed by atoms with E-state index in [9.17, 15) is 38.7 Å². The minimum Gasteiger partial charge on any atom is -0.391 e. The highest BCUT2D eigenvalue weighted by Gasteiger charge is 2.45. The average Bonchev–Trinajstić information content (AvgIpc) is 0.817. The lowest BCUT2D eigenvalue weighted by atomic mass is 9.84. The van der Waals surface area contributed by atoms with Gasteiger partial charge in [0.05, 0.1) is 44.0 Å². The van der Waals surface area contributed by atoms with Crippen molar-refractivity contribution < 1.29 is 72.1 Å². The lowest BCUT2D eigenvalue weighted by molar-refractivity contribution is -0.153. The Kier molecular flexibility index (Phi) is 34.2. The van der Waals surface area contributed by atoms with E-state index >= 15 is 24.0 Å². The van der Waals surface area contributed by atoms with Crippen LogP contribution in [0.2, 0.25) is 0 Å². The van der Waals surface area contributed by atoms with Crippen LogP contribution in [0.4, 0.5) is 0 Å². The van der Waals surface area contributed by atoms with Crippen molar-refractivity contribution in [2.75, 3.05) is 75.1 Å². The summed E-state index contributed by atoms with van der Waals surface area (Å²) in [6.45, 7) is 17.9. The largest absolute Gasteiger partial charge is 0.391 e. The van der Waals surface area contributed by atoms with Crippen LogP contribution in [-0.4, -0.2) is 269 Å². The maximum Gasteiger partial charge on any atom is 0.248 e. The predicted molar refractivity (Wildman–Crippen MR) is 388 cm³/mol. The summed E-state index contributed by atoms with van der Waals surface area (Å²) >= 11 is 6.61. The number of halogens is 1. The summed E-state index contributed by atoms with van der Waals surface area (Å²) in [6.07, 6.45) is 11.4. The number of amides is 12. The van der Waals surface area contributed by atoms with Crippen molar-refractivity contribution in [3.05, 3.63) is 0 Å². The molecule has 0 bridgehead atoms. The highest BCUT2D eigenvalue weighted by atomic mass is 35.5. The number of hydrogen-bond donors (Lipinski definition) is 6. The summed E-state index contributed by atoms with van der Waals surface area (Å²) in [7, 11) is 8.44. The van der Waals surface area contributed by atoms with E-state index in [1.807, 2.05) is 13.8 Å². The monoisotopic (exact) mass is 1460 g/mol. The molecule has 2 saturated heterocycles. The lowest BCUT2D eigenvalue weighted by Gasteiger charge is -2.39. The maximum absolute atomic E-state index is 15.6. The van der Waals surface area contributed by atoms with E-state index in [-0.39, 0.29) is 61.7 Å². The van der Waals surface area contributed by atoms with Gasteiger partial charge in [0.1, 0.15) is 60.4 Å². The number of alkyl halides is 1. The standard InChI is InChI=1S/C74H127ClN12O15/c1-44(2)36-56-64(91)79-55(43-102-74(9,10)11)69(96)84(15)58(38-50-30-23-19-24-31-50)72(99)86(17)62(45(3)4)66(93)77-53(71(98)87-34-25-20-26-35-87)40-59(89)76-47(7)68(95)83(14)57(37-49-28-21-18-22-29-49)65(92)78-54(42-101-52-33-27-32-51(75)39-52)70(97)85(16)63(46(5)6)67(94)80-61(48(8)88)73(100)81(12)41-60(90)82(56)13/h44-58,61-63,88H,18-43H2,1-17H3,(H,76,89)(H,77,93)(H,78,92)(H,79,91)(H,80,94)/t47-,48-,51?,52?,53+,54?,55+,56+,57+,58+,61+,62+,63+/m1/s1. The molecular weight excluding hydrogens is 1330 g/mol. The van der Waals surface area contributed by atoms with E-state index in [0.717, 1.165) is 93.3 Å². The molecule has 0 spiro atoms. The molecule has 2 heterocycles. The fraction of sp³-hybridized carbons (Fsp3) is 0.838. The number of likely N-dealkylation sites (tertiary alicyclic amines) is 1. The van der Waals surface area contributed by atoms with Crippen LogP contribution in [-0.2, 0) is 67.0 Å². The van der Waals surface area contributed by atoms with E-state index in [4.69, 9.17) is 21.1 Å². The van der Waals surface area contributed by atoms with Crippen molar-refractivity contribution in [3.63, 3.8) is 0 Å². The Morgan fingerprint density at radius 2 is 1.03 bits per heavy atom. The Labute approximate surface area is 612 Å². The van der Waals surface area contributed by atoms with E-state index in [1.165, 1.54) is 75.7 Å². The summed E-state index contributed by atoms with van der Waals surface area (Å²) in [5.41, 5.74) is -0.837. The Bertz CT molecular complexity index is 2840. The summed E-state index contributed by atoms with van der Waals surface area (Å²) in [5, 5.41) is 25.1. The summed E-state index contributed by atoms with van der Waals surface area (Å²) in [5.74, 6) is -10.2. The molecule has 3 unspecified atom stereocenters. The van der Waals surface area contributed by atoms with Gasteiger partial charge in [-0.15, -0.1) is 11.6 Å². The van der Waals surface area contributed by atoms with Crippen molar-refractivity contribution in [1.82, 2.24) is 60.9 Å². The SMILES string of the molecule is CC(C)C[C@H]1C(=O)N[C@@H](COC(C)(C)C)C(=O)N(C)[C@@H](CC2CCCCC2)C(=O)N(C)[C@@H](C(C)C)C(=O)N[C@H](C(=O)N2CCCCC2)CC(=O)N[C@H](C)C(=O)N(C)[C@@H](CC2CCCCC2)C(=O)NC(COC2CCCC(Cl)C2)C(=O)N(C)[C@@H](C(C)C)C(=O)N[C@@H]([C@@H](C)O)C(=O)N(C)CC(=O)N1C. The van der Waals surface area contributed by atoms with Gasteiger partial charge in [-0.3, -0.25) is 57.5 Å². The molecule has 0 aromatic carbocycles. The fourth-order valence-electron chi connectivity index (χ4n) is 15.2. The first kappa shape index (κ1) is 86.5. The van der Waals surface area contributed by atoms with Gasteiger partial charge in [-0.25, -0.2) is 0 Å². The van der Waals surface area contributed by atoms with Crippen LogP contribution in [0.5, 0.6) is 0 Å². The normalized spacial score (nSPS) is 29.4. The predicted octanol–water partition coefficient (Wildman–Crippen LogP) is 4.50. The molecule has 3 saturated carbocycles. The molecule has 28 heteroatoms. The number of rotatable bonds is 15. The molecule has 0 radical (unpaired) electrons. The zero-order valence-corrected chi connectivity index (χ0v) is 65.2. The van der Waals surface area contributed by atoms with Crippen molar-refractivity contribution in [1.29, 1.82) is 0 Å². The zero-order chi connectivity index (χ0) is 76.2. The van der Waals surface area contributed by atoms with Gasteiger partial charge in [0.15, 0.2) is 0 Å². The van der Waals surface area contributed by atoms with Crippen LogP contribution in [0.3, 0.4) is 0 Å². The Morgan fingerprint density at radius 1 is 0.539 bits per heavy atom. The van der Waals surface area contributed by atoms with Crippen LogP contribution in [0.25, 0.3) is 0 Å². The minimum absolute atomic E-state index is 0.00773. The van der Waals surface area contributed by atoms with Gasteiger partial charge in [0.25, 0.3) is 0 Å².